The van der Waals surface area contributed by atoms with E-state index in [1.807, 2.05) is 12.1 Å². The molecule has 3 rings (SSSR count). The predicted molar refractivity (Wildman–Crippen MR) is 83.2 cm³/mol. The van der Waals surface area contributed by atoms with Gasteiger partial charge in [0.25, 0.3) is 0 Å². The molecule has 3 heteroatoms. The molecular formula is C17H17BrFN. The summed E-state index contributed by atoms with van der Waals surface area (Å²) in [6, 6.07) is 13.7. The van der Waals surface area contributed by atoms with E-state index in [9.17, 15) is 4.39 Å². The topological polar surface area (TPSA) is 12.0 Å². The number of nitrogens with one attached hydrogen (secondary N) is 1. The van der Waals surface area contributed by atoms with Gasteiger partial charge in [0, 0.05) is 16.6 Å². The lowest BCUT2D eigenvalue weighted by Crippen LogP contribution is -2.23. The van der Waals surface area contributed by atoms with E-state index in [4.69, 9.17) is 0 Å². The SMILES string of the molecule is C[C@H](NC1CCc2c(Br)cccc21)c1ccc(F)cc1. The Labute approximate surface area is 127 Å². The Bertz CT molecular complexity index is 609. The van der Waals surface area contributed by atoms with Gasteiger partial charge in [-0.2, -0.15) is 0 Å². The monoisotopic (exact) mass is 333 g/mol. The van der Waals surface area contributed by atoms with E-state index < -0.39 is 0 Å². The highest BCUT2D eigenvalue weighted by molar-refractivity contribution is 9.10. The first kappa shape index (κ1) is 13.8. The van der Waals surface area contributed by atoms with Crippen molar-refractivity contribution >= 4 is 15.9 Å². The highest BCUT2D eigenvalue weighted by Gasteiger charge is 2.25. The largest absolute Gasteiger partial charge is 0.303 e. The molecule has 0 fully saturated rings. The molecule has 0 aromatic heterocycles. The number of rotatable bonds is 3. The van der Waals surface area contributed by atoms with Crippen molar-refractivity contribution in [1.29, 1.82) is 0 Å². The lowest BCUT2D eigenvalue weighted by atomic mass is 10.0. The summed E-state index contributed by atoms with van der Waals surface area (Å²) in [5, 5.41) is 3.65. The Balaban J connectivity index is 1.77. The second-order valence-electron chi connectivity index (χ2n) is 5.34. The maximum Gasteiger partial charge on any atom is 0.123 e. The summed E-state index contributed by atoms with van der Waals surface area (Å²) < 4.78 is 14.2. The van der Waals surface area contributed by atoms with Crippen LogP contribution < -0.4 is 5.32 Å². The van der Waals surface area contributed by atoms with Gasteiger partial charge in [-0.15, -0.1) is 0 Å². The molecule has 1 unspecified atom stereocenters. The molecule has 0 bridgehead atoms. The Kier molecular flexibility index (Phi) is 3.90. The second-order valence-corrected chi connectivity index (χ2v) is 6.19. The van der Waals surface area contributed by atoms with E-state index in [-0.39, 0.29) is 11.9 Å². The summed E-state index contributed by atoms with van der Waals surface area (Å²) in [5.41, 5.74) is 3.92. The average Bonchev–Trinajstić information content (AvgIpc) is 2.84. The molecule has 0 saturated carbocycles. The van der Waals surface area contributed by atoms with Crippen molar-refractivity contribution in [1.82, 2.24) is 5.32 Å². The van der Waals surface area contributed by atoms with Gasteiger partial charge < -0.3 is 5.32 Å². The van der Waals surface area contributed by atoms with Crippen molar-refractivity contribution in [2.24, 2.45) is 0 Å². The standard InChI is InChI=1S/C17H17BrFN/c1-11(12-5-7-13(19)8-6-12)20-17-10-9-14-15(17)3-2-4-16(14)18/h2-8,11,17,20H,9-10H2,1H3/t11-,17?/m0/s1. The van der Waals surface area contributed by atoms with Crippen LogP contribution >= 0.6 is 15.9 Å². The van der Waals surface area contributed by atoms with Gasteiger partial charge in [-0.3, -0.25) is 0 Å². The molecule has 20 heavy (non-hydrogen) atoms. The minimum Gasteiger partial charge on any atom is -0.303 e. The van der Waals surface area contributed by atoms with Gasteiger partial charge in [-0.1, -0.05) is 40.2 Å². The minimum atomic E-state index is -0.184. The molecule has 1 N–H and O–H groups in total. The highest BCUT2D eigenvalue weighted by atomic mass is 79.9. The van der Waals surface area contributed by atoms with E-state index in [1.165, 1.54) is 27.7 Å². The molecule has 2 aromatic rings. The predicted octanol–water partition coefficient (Wildman–Crippen LogP) is 4.93. The second kappa shape index (κ2) is 5.66. The molecule has 1 nitrogen and oxygen atoms in total. The molecule has 0 spiro atoms. The molecule has 0 amide bonds. The van der Waals surface area contributed by atoms with Crippen LogP contribution in [0.25, 0.3) is 0 Å². The summed E-state index contributed by atoms with van der Waals surface area (Å²) in [4.78, 5) is 0. The Morgan fingerprint density at radius 3 is 2.70 bits per heavy atom. The molecule has 104 valence electrons. The zero-order valence-electron chi connectivity index (χ0n) is 11.4. The summed E-state index contributed by atoms with van der Waals surface area (Å²) >= 11 is 3.62. The number of hydrogen-bond acceptors (Lipinski definition) is 1. The van der Waals surface area contributed by atoms with Crippen LogP contribution in [0.5, 0.6) is 0 Å². The summed E-state index contributed by atoms with van der Waals surface area (Å²) in [6.07, 6.45) is 2.22. The zero-order valence-corrected chi connectivity index (χ0v) is 13.0. The maximum absolute atomic E-state index is 13.0. The van der Waals surface area contributed by atoms with Crippen LogP contribution in [0.1, 0.15) is 42.1 Å². The minimum absolute atomic E-state index is 0.184. The molecule has 0 aliphatic heterocycles. The summed E-state index contributed by atoms with van der Waals surface area (Å²) in [5.74, 6) is -0.184. The van der Waals surface area contributed by atoms with Crippen LogP contribution in [-0.2, 0) is 6.42 Å². The number of halogens is 2. The van der Waals surface area contributed by atoms with E-state index in [1.54, 1.807) is 0 Å². The third-order valence-corrected chi connectivity index (χ3v) is 4.78. The van der Waals surface area contributed by atoms with Crippen LogP contribution in [0.15, 0.2) is 46.9 Å². The Morgan fingerprint density at radius 1 is 1.20 bits per heavy atom. The lowest BCUT2D eigenvalue weighted by molar-refractivity contribution is 0.464. The fraction of sp³-hybridized carbons (Fsp3) is 0.294. The maximum atomic E-state index is 13.0. The summed E-state index contributed by atoms with van der Waals surface area (Å²) in [7, 11) is 0. The molecule has 0 radical (unpaired) electrons. The third-order valence-electron chi connectivity index (χ3n) is 4.03. The fourth-order valence-electron chi connectivity index (χ4n) is 2.93. The van der Waals surface area contributed by atoms with Crippen molar-refractivity contribution in [2.75, 3.05) is 0 Å². The van der Waals surface area contributed by atoms with Gasteiger partial charge in [-0.05, 0) is 54.7 Å². The molecule has 0 saturated heterocycles. The van der Waals surface area contributed by atoms with Crippen molar-refractivity contribution in [3.8, 4) is 0 Å². The smallest absolute Gasteiger partial charge is 0.123 e. The fourth-order valence-corrected chi connectivity index (χ4v) is 3.51. The number of benzene rings is 2. The van der Waals surface area contributed by atoms with Gasteiger partial charge in [0.05, 0.1) is 0 Å². The zero-order chi connectivity index (χ0) is 14.1. The normalized spacial score (nSPS) is 18.9. The third kappa shape index (κ3) is 2.65. The van der Waals surface area contributed by atoms with Crippen LogP contribution in [0, 0.1) is 5.82 Å². The van der Waals surface area contributed by atoms with Gasteiger partial charge in [-0.25, -0.2) is 4.39 Å². The first-order valence-electron chi connectivity index (χ1n) is 6.94. The van der Waals surface area contributed by atoms with Crippen molar-refractivity contribution in [3.05, 3.63) is 69.4 Å². The van der Waals surface area contributed by atoms with E-state index >= 15 is 0 Å². The molecule has 2 aromatic carbocycles. The first-order valence-corrected chi connectivity index (χ1v) is 7.73. The van der Waals surface area contributed by atoms with Gasteiger partial charge >= 0.3 is 0 Å². The van der Waals surface area contributed by atoms with E-state index in [0.717, 1.165) is 18.4 Å². The van der Waals surface area contributed by atoms with Crippen LogP contribution in [-0.4, -0.2) is 0 Å². The van der Waals surface area contributed by atoms with Crippen LogP contribution in [0.4, 0.5) is 4.39 Å². The van der Waals surface area contributed by atoms with Gasteiger partial charge in [0.2, 0.25) is 0 Å². The van der Waals surface area contributed by atoms with Crippen LogP contribution in [0.2, 0.25) is 0 Å². The van der Waals surface area contributed by atoms with Crippen LogP contribution in [0.3, 0.4) is 0 Å². The quantitative estimate of drug-likeness (QED) is 0.839. The molecule has 2 atom stereocenters. The van der Waals surface area contributed by atoms with Crippen molar-refractivity contribution in [3.63, 3.8) is 0 Å². The highest BCUT2D eigenvalue weighted by Crippen LogP contribution is 2.36. The van der Waals surface area contributed by atoms with Gasteiger partial charge in [0.1, 0.15) is 5.82 Å². The average molecular weight is 334 g/mol. The summed E-state index contributed by atoms with van der Waals surface area (Å²) in [6.45, 7) is 2.13. The Hall–Kier alpha value is -1.19. The molecule has 1 aliphatic carbocycles. The molecule has 0 heterocycles. The molecular weight excluding hydrogens is 317 g/mol. The number of hydrogen-bond donors (Lipinski definition) is 1. The van der Waals surface area contributed by atoms with Gasteiger partial charge in [0.15, 0.2) is 0 Å². The Morgan fingerprint density at radius 2 is 1.95 bits per heavy atom. The van der Waals surface area contributed by atoms with Crippen molar-refractivity contribution < 1.29 is 4.39 Å². The number of fused-ring (bicyclic) bond motifs is 1. The first-order chi connectivity index (χ1) is 9.65. The lowest BCUT2D eigenvalue weighted by Gasteiger charge is -2.21. The molecule has 1 aliphatic rings. The van der Waals surface area contributed by atoms with E-state index in [0.29, 0.717) is 6.04 Å². The van der Waals surface area contributed by atoms with E-state index in [2.05, 4.69) is 46.4 Å². The van der Waals surface area contributed by atoms with Crippen molar-refractivity contribution in [2.45, 2.75) is 31.8 Å².